The van der Waals surface area contributed by atoms with E-state index in [0.717, 1.165) is 11.1 Å². The van der Waals surface area contributed by atoms with Crippen molar-refractivity contribution in [3.05, 3.63) is 53.1 Å². The Morgan fingerprint density at radius 1 is 1.24 bits per heavy atom. The third-order valence-electron chi connectivity index (χ3n) is 3.74. The third-order valence-corrected chi connectivity index (χ3v) is 4.05. The molecule has 0 aliphatic rings. The number of nitrogens with zero attached hydrogens (tertiary/aromatic N) is 2. The summed E-state index contributed by atoms with van der Waals surface area (Å²) in [4.78, 5) is 16.0. The minimum Gasteiger partial charge on any atom is -0.426 e. The van der Waals surface area contributed by atoms with Gasteiger partial charge in [0.25, 0.3) is 0 Å². The summed E-state index contributed by atoms with van der Waals surface area (Å²) in [6, 6.07) is 14.0. The molecule has 6 heteroatoms. The number of hydrogen-bond donors (Lipinski definition) is 1. The van der Waals surface area contributed by atoms with E-state index >= 15 is 0 Å². The molecule has 0 saturated carbocycles. The zero-order valence-electron chi connectivity index (χ0n) is 13.4. The van der Waals surface area contributed by atoms with Crippen LogP contribution in [0.15, 0.2) is 42.5 Å². The molecular weight excluding hydrogens is 338 g/mol. The largest absolute Gasteiger partial charge is 0.426 e. The number of rotatable bonds is 3. The van der Waals surface area contributed by atoms with Crippen molar-refractivity contribution in [3.8, 4) is 22.9 Å². The zero-order chi connectivity index (χ0) is 18.0. The Bertz CT molecular complexity index is 1030. The van der Waals surface area contributed by atoms with Gasteiger partial charge in [0.2, 0.25) is 0 Å². The van der Waals surface area contributed by atoms with Crippen molar-refractivity contribution in [2.45, 2.75) is 13.3 Å². The third kappa shape index (κ3) is 3.25. The quantitative estimate of drug-likeness (QED) is 0.560. The van der Waals surface area contributed by atoms with Crippen molar-refractivity contribution >= 4 is 34.3 Å². The summed E-state index contributed by atoms with van der Waals surface area (Å²) in [6.45, 7) is 1.73. The van der Waals surface area contributed by atoms with Crippen LogP contribution in [0, 0.1) is 11.3 Å². The van der Waals surface area contributed by atoms with Crippen LogP contribution >= 0.6 is 11.6 Å². The number of anilines is 1. The summed E-state index contributed by atoms with van der Waals surface area (Å²) in [7, 11) is 0. The van der Waals surface area contributed by atoms with E-state index in [1.807, 2.05) is 0 Å². The monoisotopic (exact) mass is 351 g/mol. The lowest BCUT2D eigenvalue weighted by molar-refractivity contribution is -0.133. The molecule has 0 aliphatic carbocycles. The molecule has 2 aromatic carbocycles. The van der Waals surface area contributed by atoms with Gasteiger partial charge in [-0.1, -0.05) is 24.6 Å². The number of nitrogen functional groups attached to an aromatic ring is 1. The molecule has 0 bridgehead atoms. The van der Waals surface area contributed by atoms with Gasteiger partial charge in [-0.05, 0) is 36.4 Å². The van der Waals surface area contributed by atoms with Crippen LogP contribution in [-0.2, 0) is 4.79 Å². The van der Waals surface area contributed by atoms with E-state index in [2.05, 4.69) is 11.1 Å². The SMILES string of the molecule is CCC(=O)Oc1ccc(-c2ccc(C#N)cc2Cl)c2nc(N)ccc12. The minimum absolute atomic E-state index is 0.271. The average molecular weight is 352 g/mol. The zero-order valence-corrected chi connectivity index (χ0v) is 14.2. The van der Waals surface area contributed by atoms with Crippen molar-refractivity contribution in [2.75, 3.05) is 5.73 Å². The Kier molecular flexibility index (Phi) is 4.55. The number of fused-ring (bicyclic) bond motifs is 1. The van der Waals surface area contributed by atoms with Gasteiger partial charge in [0.05, 0.1) is 17.1 Å². The van der Waals surface area contributed by atoms with Crippen LogP contribution in [0.1, 0.15) is 18.9 Å². The first kappa shape index (κ1) is 16.7. The number of nitriles is 1. The predicted octanol–water partition coefficient (Wildman–Crippen LogP) is 4.32. The van der Waals surface area contributed by atoms with Gasteiger partial charge >= 0.3 is 5.97 Å². The van der Waals surface area contributed by atoms with Crippen LogP contribution in [0.4, 0.5) is 5.82 Å². The predicted molar refractivity (Wildman–Crippen MR) is 97.2 cm³/mol. The molecule has 0 aliphatic heterocycles. The lowest BCUT2D eigenvalue weighted by atomic mass is 10.00. The maximum Gasteiger partial charge on any atom is 0.310 e. The van der Waals surface area contributed by atoms with Crippen LogP contribution < -0.4 is 10.5 Å². The second-order valence-electron chi connectivity index (χ2n) is 5.38. The van der Waals surface area contributed by atoms with Gasteiger partial charge in [-0.2, -0.15) is 5.26 Å². The Balaban J connectivity index is 2.23. The number of benzene rings is 2. The molecule has 1 heterocycles. The van der Waals surface area contributed by atoms with Gasteiger partial charge < -0.3 is 10.5 Å². The van der Waals surface area contributed by atoms with E-state index in [4.69, 9.17) is 27.3 Å². The van der Waals surface area contributed by atoms with E-state index < -0.39 is 0 Å². The summed E-state index contributed by atoms with van der Waals surface area (Å²) < 4.78 is 5.38. The number of aromatic nitrogens is 1. The second-order valence-corrected chi connectivity index (χ2v) is 5.78. The van der Waals surface area contributed by atoms with Gasteiger partial charge in [0.15, 0.2) is 0 Å². The normalized spacial score (nSPS) is 10.4. The lowest BCUT2D eigenvalue weighted by Crippen LogP contribution is -2.06. The van der Waals surface area contributed by atoms with Crippen molar-refractivity contribution < 1.29 is 9.53 Å². The average Bonchev–Trinajstić information content (AvgIpc) is 2.62. The summed E-state index contributed by atoms with van der Waals surface area (Å²) in [6.07, 6.45) is 0.271. The number of hydrogen-bond acceptors (Lipinski definition) is 5. The number of carbonyl (C=O) groups is 1. The van der Waals surface area contributed by atoms with E-state index in [1.165, 1.54) is 0 Å². The van der Waals surface area contributed by atoms with Crippen LogP contribution in [0.3, 0.4) is 0 Å². The van der Waals surface area contributed by atoms with Crippen molar-refractivity contribution in [3.63, 3.8) is 0 Å². The Labute approximate surface area is 149 Å². The molecule has 5 nitrogen and oxygen atoms in total. The first-order chi connectivity index (χ1) is 12.0. The van der Waals surface area contributed by atoms with Crippen LogP contribution in [0.5, 0.6) is 5.75 Å². The van der Waals surface area contributed by atoms with E-state index in [-0.39, 0.29) is 12.4 Å². The number of nitrogens with two attached hydrogens (primary N) is 1. The molecule has 2 N–H and O–H groups in total. The number of ether oxygens (including phenoxy) is 1. The van der Waals surface area contributed by atoms with Gasteiger partial charge in [-0.3, -0.25) is 4.79 Å². The van der Waals surface area contributed by atoms with E-state index in [0.29, 0.717) is 33.1 Å². The molecule has 0 unspecified atom stereocenters. The standard InChI is InChI=1S/C19H14ClN3O2/c1-2-18(24)25-16-7-5-13(19-14(16)6-8-17(22)23-19)12-4-3-11(10-21)9-15(12)20/h3-9H,2H2,1H3,(H2,22,23). The Hall–Kier alpha value is -3.10. The molecule has 0 amide bonds. The van der Waals surface area contributed by atoms with Crippen molar-refractivity contribution in [1.82, 2.24) is 4.98 Å². The molecule has 124 valence electrons. The van der Waals surface area contributed by atoms with Crippen LogP contribution in [0.2, 0.25) is 5.02 Å². The summed E-state index contributed by atoms with van der Waals surface area (Å²) >= 11 is 6.33. The first-order valence-corrected chi connectivity index (χ1v) is 8.01. The fourth-order valence-corrected chi connectivity index (χ4v) is 2.79. The van der Waals surface area contributed by atoms with Gasteiger partial charge in [-0.15, -0.1) is 0 Å². The molecule has 0 atom stereocenters. The van der Waals surface area contributed by atoms with Gasteiger partial charge in [0.1, 0.15) is 11.6 Å². The van der Waals surface area contributed by atoms with Crippen LogP contribution in [0.25, 0.3) is 22.0 Å². The van der Waals surface area contributed by atoms with Crippen molar-refractivity contribution in [2.24, 2.45) is 0 Å². The summed E-state index contributed by atoms with van der Waals surface area (Å²) in [5, 5.41) is 10.1. The highest BCUT2D eigenvalue weighted by Crippen LogP contribution is 2.37. The van der Waals surface area contributed by atoms with E-state index in [9.17, 15) is 4.79 Å². The minimum atomic E-state index is -0.331. The molecule has 0 saturated heterocycles. The summed E-state index contributed by atoms with van der Waals surface area (Å²) in [5.74, 6) is 0.433. The number of carbonyl (C=O) groups excluding carboxylic acids is 1. The topological polar surface area (TPSA) is 89.0 Å². The first-order valence-electron chi connectivity index (χ1n) is 7.63. The highest BCUT2D eigenvalue weighted by molar-refractivity contribution is 6.33. The van der Waals surface area contributed by atoms with Gasteiger partial charge in [-0.25, -0.2) is 4.98 Å². The summed E-state index contributed by atoms with van der Waals surface area (Å²) in [5.41, 5.74) is 8.35. The molecule has 3 aromatic rings. The van der Waals surface area contributed by atoms with E-state index in [1.54, 1.807) is 49.4 Å². The Morgan fingerprint density at radius 3 is 2.68 bits per heavy atom. The molecule has 3 rings (SSSR count). The van der Waals surface area contributed by atoms with Crippen LogP contribution in [-0.4, -0.2) is 11.0 Å². The number of halogens is 1. The smallest absolute Gasteiger partial charge is 0.310 e. The fourth-order valence-electron chi connectivity index (χ4n) is 2.51. The Morgan fingerprint density at radius 2 is 2.00 bits per heavy atom. The highest BCUT2D eigenvalue weighted by Gasteiger charge is 2.15. The lowest BCUT2D eigenvalue weighted by Gasteiger charge is -2.12. The maximum atomic E-state index is 11.7. The number of esters is 1. The van der Waals surface area contributed by atoms with Crippen molar-refractivity contribution in [1.29, 1.82) is 5.26 Å². The molecule has 0 fully saturated rings. The van der Waals surface area contributed by atoms with Gasteiger partial charge in [0, 0.05) is 28.0 Å². The molecular formula is C19H14ClN3O2. The molecule has 0 radical (unpaired) electrons. The molecule has 25 heavy (non-hydrogen) atoms. The molecule has 1 aromatic heterocycles. The highest BCUT2D eigenvalue weighted by atomic mass is 35.5. The maximum absolute atomic E-state index is 11.7. The number of pyridine rings is 1. The fraction of sp³-hybridized carbons (Fsp3) is 0.105. The second kappa shape index (κ2) is 6.80. The molecule has 0 spiro atoms.